The standard InChI is InChI=1S/C21H16F2N4O4/c22-13-6-11-12(8-27(20(11)30)15-3-4-16(28)25-19(15)29)18(23)17(13)21(31)26-7-10-2-1-5-24-14(10)9-26/h1-2,5-6,15H,3-4,7-9H2,(H,25,28,29). The normalized spacial score (nSPS) is 20.1. The molecule has 1 N–H and O–H groups in total. The van der Waals surface area contributed by atoms with Crippen LogP contribution in [0.3, 0.4) is 0 Å². The van der Waals surface area contributed by atoms with Gasteiger partial charge in [0, 0.05) is 24.7 Å². The molecule has 1 fully saturated rings. The fraction of sp³-hybridized carbons (Fsp3) is 0.286. The first-order valence-corrected chi connectivity index (χ1v) is 9.72. The molecule has 158 valence electrons. The number of piperidine rings is 1. The van der Waals surface area contributed by atoms with Crippen LogP contribution in [0.2, 0.25) is 0 Å². The maximum absolute atomic E-state index is 15.3. The number of hydrogen-bond donors (Lipinski definition) is 1. The zero-order chi connectivity index (χ0) is 21.9. The lowest BCUT2D eigenvalue weighted by atomic mass is 10.0. The molecular formula is C21H16F2N4O4. The molecular weight excluding hydrogens is 410 g/mol. The van der Waals surface area contributed by atoms with Crippen LogP contribution in [0.5, 0.6) is 0 Å². The average molecular weight is 426 g/mol. The van der Waals surface area contributed by atoms with Gasteiger partial charge in [0.15, 0.2) is 0 Å². The van der Waals surface area contributed by atoms with E-state index in [4.69, 9.17) is 0 Å². The summed E-state index contributed by atoms with van der Waals surface area (Å²) in [7, 11) is 0. The van der Waals surface area contributed by atoms with Gasteiger partial charge in [0.25, 0.3) is 11.8 Å². The van der Waals surface area contributed by atoms with E-state index in [9.17, 15) is 23.6 Å². The molecule has 10 heteroatoms. The highest BCUT2D eigenvalue weighted by atomic mass is 19.1. The summed E-state index contributed by atoms with van der Waals surface area (Å²) in [6, 6.07) is 3.40. The van der Waals surface area contributed by atoms with Gasteiger partial charge < -0.3 is 9.80 Å². The van der Waals surface area contributed by atoms with E-state index < -0.39 is 46.9 Å². The lowest BCUT2D eigenvalue weighted by Crippen LogP contribution is -2.52. The number of amides is 4. The summed E-state index contributed by atoms with van der Waals surface area (Å²) in [5.41, 5.74) is 0.385. The van der Waals surface area contributed by atoms with Crippen LogP contribution in [-0.4, -0.2) is 44.5 Å². The molecule has 0 bridgehead atoms. The van der Waals surface area contributed by atoms with Crippen molar-refractivity contribution < 1.29 is 28.0 Å². The van der Waals surface area contributed by atoms with Gasteiger partial charge >= 0.3 is 0 Å². The Balaban J connectivity index is 1.45. The van der Waals surface area contributed by atoms with Crippen molar-refractivity contribution in [3.63, 3.8) is 0 Å². The summed E-state index contributed by atoms with van der Waals surface area (Å²) >= 11 is 0. The second kappa shape index (κ2) is 6.93. The zero-order valence-corrected chi connectivity index (χ0v) is 16.2. The maximum atomic E-state index is 15.3. The first kappa shape index (κ1) is 19.3. The Bertz CT molecular complexity index is 1160. The number of pyridine rings is 1. The number of carbonyl (C=O) groups excluding carboxylic acids is 4. The number of hydrogen-bond acceptors (Lipinski definition) is 5. The van der Waals surface area contributed by atoms with Gasteiger partial charge in [-0.05, 0) is 24.1 Å². The quantitative estimate of drug-likeness (QED) is 0.730. The van der Waals surface area contributed by atoms with Crippen molar-refractivity contribution in [1.82, 2.24) is 20.1 Å². The van der Waals surface area contributed by atoms with Crippen molar-refractivity contribution in [1.29, 1.82) is 0 Å². The average Bonchev–Trinajstić information content (AvgIpc) is 3.30. The van der Waals surface area contributed by atoms with E-state index in [-0.39, 0.29) is 43.6 Å². The van der Waals surface area contributed by atoms with Crippen molar-refractivity contribution in [3.05, 3.63) is 64.0 Å². The SMILES string of the molecule is O=C1CCC(N2Cc3c(cc(F)c(C(=O)N4Cc5cccnc5C4)c3F)C2=O)C(=O)N1. The first-order valence-electron chi connectivity index (χ1n) is 9.72. The van der Waals surface area contributed by atoms with Crippen LogP contribution in [-0.2, 0) is 29.2 Å². The molecule has 1 saturated heterocycles. The van der Waals surface area contributed by atoms with Crippen LogP contribution in [0.25, 0.3) is 0 Å². The molecule has 1 unspecified atom stereocenters. The molecule has 3 aliphatic heterocycles. The second-order valence-corrected chi connectivity index (χ2v) is 7.74. The van der Waals surface area contributed by atoms with E-state index in [1.54, 1.807) is 18.3 Å². The van der Waals surface area contributed by atoms with E-state index in [0.29, 0.717) is 5.69 Å². The van der Waals surface area contributed by atoms with Gasteiger partial charge in [-0.3, -0.25) is 29.5 Å². The molecule has 1 aromatic heterocycles. The number of nitrogens with zero attached hydrogens (tertiary/aromatic N) is 3. The summed E-state index contributed by atoms with van der Waals surface area (Å²) in [4.78, 5) is 55.8. The number of nitrogens with one attached hydrogen (secondary N) is 1. The Kier molecular flexibility index (Phi) is 4.31. The number of rotatable bonds is 2. The van der Waals surface area contributed by atoms with Crippen molar-refractivity contribution in [2.45, 2.75) is 38.5 Å². The summed E-state index contributed by atoms with van der Waals surface area (Å²) in [5, 5.41) is 2.15. The summed E-state index contributed by atoms with van der Waals surface area (Å²) in [6.45, 7) is 0.0280. The molecule has 3 aliphatic rings. The zero-order valence-electron chi connectivity index (χ0n) is 16.2. The minimum atomic E-state index is -1.14. The molecule has 4 heterocycles. The Morgan fingerprint density at radius 1 is 1.16 bits per heavy atom. The fourth-order valence-corrected chi connectivity index (χ4v) is 4.33. The van der Waals surface area contributed by atoms with Gasteiger partial charge in [0.1, 0.15) is 23.2 Å². The van der Waals surface area contributed by atoms with Gasteiger partial charge in [0.2, 0.25) is 11.8 Å². The minimum Gasteiger partial charge on any atom is -0.328 e. The van der Waals surface area contributed by atoms with Crippen molar-refractivity contribution in [2.24, 2.45) is 0 Å². The lowest BCUT2D eigenvalue weighted by molar-refractivity contribution is -0.136. The maximum Gasteiger partial charge on any atom is 0.260 e. The molecule has 0 radical (unpaired) electrons. The van der Waals surface area contributed by atoms with Crippen molar-refractivity contribution in [3.8, 4) is 0 Å². The highest BCUT2D eigenvalue weighted by Crippen LogP contribution is 2.33. The van der Waals surface area contributed by atoms with E-state index in [1.807, 2.05) is 0 Å². The van der Waals surface area contributed by atoms with Crippen LogP contribution in [0.4, 0.5) is 8.78 Å². The van der Waals surface area contributed by atoms with Gasteiger partial charge in [-0.2, -0.15) is 0 Å². The molecule has 5 rings (SSSR count). The van der Waals surface area contributed by atoms with Crippen molar-refractivity contribution >= 4 is 23.6 Å². The largest absolute Gasteiger partial charge is 0.328 e. The lowest BCUT2D eigenvalue weighted by Gasteiger charge is -2.29. The molecule has 2 aromatic rings. The van der Waals surface area contributed by atoms with Gasteiger partial charge in [-0.15, -0.1) is 0 Å². The van der Waals surface area contributed by atoms with Crippen LogP contribution < -0.4 is 5.32 Å². The van der Waals surface area contributed by atoms with E-state index in [1.165, 1.54) is 4.90 Å². The van der Waals surface area contributed by atoms with E-state index in [2.05, 4.69) is 10.3 Å². The van der Waals surface area contributed by atoms with Crippen LogP contribution in [0.1, 0.15) is 50.4 Å². The topological polar surface area (TPSA) is 99.7 Å². The third kappa shape index (κ3) is 2.97. The summed E-state index contributed by atoms with van der Waals surface area (Å²) < 4.78 is 30.1. The predicted molar refractivity (Wildman–Crippen MR) is 100 cm³/mol. The third-order valence-electron chi connectivity index (χ3n) is 5.91. The minimum absolute atomic E-state index is 0.0423. The molecule has 0 spiro atoms. The third-order valence-corrected chi connectivity index (χ3v) is 5.91. The second-order valence-electron chi connectivity index (χ2n) is 7.74. The molecule has 0 saturated carbocycles. The smallest absolute Gasteiger partial charge is 0.260 e. The molecule has 0 aliphatic carbocycles. The molecule has 1 atom stereocenters. The monoisotopic (exact) mass is 426 g/mol. The highest BCUT2D eigenvalue weighted by Gasteiger charge is 2.42. The van der Waals surface area contributed by atoms with Gasteiger partial charge in [-0.1, -0.05) is 6.07 Å². The number of carbonyl (C=O) groups is 4. The predicted octanol–water partition coefficient (Wildman–Crippen LogP) is 1.28. The van der Waals surface area contributed by atoms with Crippen LogP contribution in [0, 0.1) is 11.6 Å². The first-order chi connectivity index (χ1) is 14.8. The molecule has 31 heavy (non-hydrogen) atoms. The fourth-order valence-electron chi connectivity index (χ4n) is 4.33. The summed E-state index contributed by atoms with van der Waals surface area (Å²) in [5.74, 6) is -4.88. The van der Waals surface area contributed by atoms with E-state index >= 15 is 4.39 Å². The molecule has 4 amide bonds. The Morgan fingerprint density at radius 2 is 1.97 bits per heavy atom. The number of fused-ring (bicyclic) bond motifs is 2. The number of halogens is 2. The highest BCUT2D eigenvalue weighted by molar-refractivity contribution is 6.06. The molecule has 8 nitrogen and oxygen atoms in total. The Morgan fingerprint density at radius 3 is 2.71 bits per heavy atom. The number of imide groups is 1. The Hall–Kier alpha value is -3.69. The number of aromatic nitrogens is 1. The number of benzene rings is 1. The summed E-state index contributed by atoms with van der Waals surface area (Å²) in [6.07, 6.45) is 1.72. The van der Waals surface area contributed by atoms with Crippen LogP contribution >= 0.6 is 0 Å². The van der Waals surface area contributed by atoms with Gasteiger partial charge in [-0.25, -0.2) is 8.78 Å². The van der Waals surface area contributed by atoms with Gasteiger partial charge in [0.05, 0.1) is 24.3 Å². The van der Waals surface area contributed by atoms with E-state index in [0.717, 1.165) is 16.5 Å². The molecule has 1 aromatic carbocycles. The van der Waals surface area contributed by atoms with Crippen LogP contribution in [0.15, 0.2) is 24.4 Å². The Labute approximate surface area is 174 Å². The van der Waals surface area contributed by atoms with Crippen molar-refractivity contribution in [2.75, 3.05) is 0 Å².